The second-order valence-corrected chi connectivity index (χ2v) is 8.02. The molecule has 5 nitrogen and oxygen atoms in total. The van der Waals surface area contributed by atoms with Crippen molar-refractivity contribution in [2.45, 2.75) is 19.4 Å². The number of benzene rings is 2. The summed E-state index contributed by atoms with van der Waals surface area (Å²) in [7, 11) is 0. The van der Waals surface area contributed by atoms with Crippen LogP contribution in [0.1, 0.15) is 35.4 Å². The second-order valence-electron chi connectivity index (χ2n) is 8.02. The van der Waals surface area contributed by atoms with Crippen molar-refractivity contribution in [2.75, 3.05) is 4.90 Å². The van der Waals surface area contributed by atoms with E-state index in [0.29, 0.717) is 11.3 Å². The van der Waals surface area contributed by atoms with Crippen LogP contribution in [0.5, 0.6) is 0 Å². The predicted molar refractivity (Wildman–Crippen MR) is 107 cm³/mol. The van der Waals surface area contributed by atoms with E-state index in [1.165, 1.54) is 4.90 Å². The number of anilines is 1. The molecule has 1 saturated carbocycles. The lowest BCUT2D eigenvalue weighted by Crippen LogP contribution is -2.33. The van der Waals surface area contributed by atoms with Gasteiger partial charge >= 0.3 is 5.97 Å². The molecule has 5 heteroatoms. The van der Waals surface area contributed by atoms with E-state index in [9.17, 15) is 14.4 Å². The van der Waals surface area contributed by atoms with Crippen molar-refractivity contribution in [1.82, 2.24) is 0 Å². The molecule has 0 radical (unpaired) electrons. The van der Waals surface area contributed by atoms with E-state index in [1.807, 2.05) is 37.3 Å². The SMILES string of the molecule is CC(OC(=O)c1cccc(N2C(=O)[C@@H]3[C@H](C2=O)[C@H]2C=C[C@@H]3C2)c1)c1ccccc1. The number of hydrogen-bond donors (Lipinski definition) is 0. The zero-order chi connectivity index (χ0) is 20.1. The number of rotatable bonds is 4. The number of imide groups is 1. The van der Waals surface area contributed by atoms with E-state index in [4.69, 9.17) is 4.74 Å². The van der Waals surface area contributed by atoms with Gasteiger partial charge in [0.1, 0.15) is 6.10 Å². The summed E-state index contributed by atoms with van der Waals surface area (Å²) in [5, 5.41) is 0. The second kappa shape index (κ2) is 6.69. The molecule has 3 aliphatic rings. The van der Waals surface area contributed by atoms with E-state index < -0.39 is 12.1 Å². The standard InChI is InChI=1S/C24H21NO4/c1-14(15-6-3-2-4-7-15)29-24(28)18-8-5-9-19(13-18)25-22(26)20-16-10-11-17(12-16)21(20)23(25)27/h2-11,13-14,16-17,20-21H,12H2,1H3/t14?,16-,17+,20+,21-. The highest BCUT2D eigenvalue weighted by Crippen LogP contribution is 2.53. The number of carbonyl (C=O) groups is 3. The molecule has 2 aliphatic carbocycles. The maximum atomic E-state index is 13.0. The van der Waals surface area contributed by atoms with Crippen LogP contribution in [0.15, 0.2) is 66.7 Å². The molecular weight excluding hydrogens is 366 g/mol. The van der Waals surface area contributed by atoms with Gasteiger partial charge in [-0.15, -0.1) is 0 Å². The Labute approximate surface area is 169 Å². The minimum Gasteiger partial charge on any atom is -0.454 e. The van der Waals surface area contributed by atoms with Crippen molar-refractivity contribution in [2.24, 2.45) is 23.7 Å². The topological polar surface area (TPSA) is 63.7 Å². The van der Waals surface area contributed by atoms with E-state index in [-0.39, 0.29) is 35.5 Å². The zero-order valence-corrected chi connectivity index (χ0v) is 16.0. The Morgan fingerprint density at radius 2 is 1.62 bits per heavy atom. The number of ether oxygens (including phenoxy) is 1. The molecule has 2 bridgehead atoms. The van der Waals surface area contributed by atoms with E-state index in [0.717, 1.165) is 12.0 Å². The van der Waals surface area contributed by atoms with Crippen molar-refractivity contribution >= 4 is 23.5 Å². The normalized spacial score (nSPS) is 28.0. The van der Waals surface area contributed by atoms with Crippen molar-refractivity contribution in [3.05, 3.63) is 77.9 Å². The van der Waals surface area contributed by atoms with E-state index in [2.05, 4.69) is 12.2 Å². The first kappa shape index (κ1) is 17.9. The van der Waals surface area contributed by atoms with Gasteiger partial charge in [0.05, 0.1) is 23.1 Å². The van der Waals surface area contributed by atoms with Crippen LogP contribution in [0, 0.1) is 23.7 Å². The molecule has 1 unspecified atom stereocenters. The van der Waals surface area contributed by atoms with Gasteiger partial charge in [-0.25, -0.2) is 9.69 Å². The Bertz CT molecular complexity index is 998. The molecule has 2 amide bonds. The molecule has 5 rings (SSSR count). The molecule has 29 heavy (non-hydrogen) atoms. The fourth-order valence-corrected chi connectivity index (χ4v) is 4.95. The third-order valence-electron chi connectivity index (χ3n) is 6.36. The van der Waals surface area contributed by atoms with Crippen molar-refractivity contribution in [3.63, 3.8) is 0 Å². The number of esters is 1. The van der Waals surface area contributed by atoms with E-state index >= 15 is 0 Å². The predicted octanol–water partition coefficient (Wildman–Crippen LogP) is 3.92. The van der Waals surface area contributed by atoms with Gasteiger partial charge < -0.3 is 4.74 Å². The molecule has 0 N–H and O–H groups in total. The first-order valence-corrected chi connectivity index (χ1v) is 9.96. The molecule has 0 aromatic heterocycles. The Balaban J connectivity index is 1.37. The molecule has 1 saturated heterocycles. The highest BCUT2D eigenvalue weighted by Gasteiger charge is 2.59. The third kappa shape index (κ3) is 2.80. The van der Waals surface area contributed by atoms with Gasteiger partial charge in [0, 0.05) is 0 Å². The fraction of sp³-hybridized carbons (Fsp3) is 0.292. The lowest BCUT2D eigenvalue weighted by atomic mass is 9.85. The molecule has 1 heterocycles. The average molecular weight is 387 g/mol. The summed E-state index contributed by atoms with van der Waals surface area (Å²) in [5.41, 5.74) is 1.66. The van der Waals surface area contributed by atoms with Crippen LogP contribution < -0.4 is 4.90 Å². The zero-order valence-electron chi connectivity index (χ0n) is 16.0. The molecule has 2 aromatic carbocycles. The number of allylic oxidation sites excluding steroid dienone is 2. The summed E-state index contributed by atoms with van der Waals surface area (Å²) in [6.45, 7) is 1.81. The molecule has 1 aliphatic heterocycles. The summed E-state index contributed by atoms with van der Waals surface area (Å²) in [4.78, 5) is 39.9. The Morgan fingerprint density at radius 3 is 2.28 bits per heavy atom. The monoisotopic (exact) mass is 387 g/mol. The molecular formula is C24H21NO4. The van der Waals surface area contributed by atoms with Crippen LogP contribution in [-0.4, -0.2) is 17.8 Å². The minimum atomic E-state index is -0.482. The lowest BCUT2D eigenvalue weighted by molar-refractivity contribution is -0.123. The summed E-state index contributed by atoms with van der Waals surface area (Å²) in [6.07, 6.45) is 4.63. The Kier molecular flexibility index (Phi) is 4.12. The maximum Gasteiger partial charge on any atom is 0.338 e. The van der Waals surface area contributed by atoms with Gasteiger partial charge in [-0.1, -0.05) is 48.6 Å². The number of nitrogens with zero attached hydrogens (tertiary/aromatic N) is 1. The van der Waals surface area contributed by atoms with Gasteiger partial charge in [0.25, 0.3) is 0 Å². The third-order valence-corrected chi connectivity index (χ3v) is 6.36. The van der Waals surface area contributed by atoms with Crippen LogP contribution in [0.25, 0.3) is 0 Å². The van der Waals surface area contributed by atoms with Crippen LogP contribution in [0.3, 0.4) is 0 Å². The minimum absolute atomic E-state index is 0.153. The van der Waals surface area contributed by atoms with Gasteiger partial charge in [-0.2, -0.15) is 0 Å². The fourth-order valence-electron chi connectivity index (χ4n) is 4.95. The van der Waals surface area contributed by atoms with Gasteiger partial charge in [-0.3, -0.25) is 9.59 Å². The number of fused-ring (bicyclic) bond motifs is 5. The first-order chi connectivity index (χ1) is 14.0. The molecule has 146 valence electrons. The molecule has 5 atom stereocenters. The summed E-state index contributed by atoms with van der Waals surface area (Å²) in [5.74, 6) is -0.987. The highest BCUT2D eigenvalue weighted by atomic mass is 16.5. The molecule has 2 fully saturated rings. The summed E-state index contributed by atoms with van der Waals surface area (Å²) >= 11 is 0. The summed E-state index contributed by atoms with van der Waals surface area (Å²) in [6, 6.07) is 16.1. The Hall–Kier alpha value is -3.21. The van der Waals surface area contributed by atoms with E-state index in [1.54, 1.807) is 24.3 Å². The van der Waals surface area contributed by atoms with Crippen LogP contribution >= 0.6 is 0 Å². The van der Waals surface area contributed by atoms with Gasteiger partial charge in [-0.05, 0) is 48.9 Å². The number of carbonyl (C=O) groups excluding carboxylic acids is 3. The van der Waals surface area contributed by atoms with Gasteiger partial charge in [0.2, 0.25) is 11.8 Å². The van der Waals surface area contributed by atoms with Crippen LogP contribution in [0.2, 0.25) is 0 Å². The maximum absolute atomic E-state index is 13.0. The lowest BCUT2D eigenvalue weighted by Gasteiger charge is -2.18. The quantitative estimate of drug-likeness (QED) is 0.453. The largest absolute Gasteiger partial charge is 0.454 e. The number of hydrogen-bond acceptors (Lipinski definition) is 4. The van der Waals surface area contributed by atoms with Crippen molar-refractivity contribution in [1.29, 1.82) is 0 Å². The Morgan fingerprint density at radius 1 is 0.966 bits per heavy atom. The van der Waals surface area contributed by atoms with Crippen molar-refractivity contribution in [3.8, 4) is 0 Å². The molecule has 0 spiro atoms. The van der Waals surface area contributed by atoms with Gasteiger partial charge in [0.15, 0.2) is 0 Å². The summed E-state index contributed by atoms with van der Waals surface area (Å²) < 4.78 is 5.58. The van der Waals surface area contributed by atoms with Crippen LogP contribution in [-0.2, 0) is 14.3 Å². The van der Waals surface area contributed by atoms with Crippen LogP contribution in [0.4, 0.5) is 5.69 Å². The van der Waals surface area contributed by atoms with Crippen molar-refractivity contribution < 1.29 is 19.1 Å². The first-order valence-electron chi connectivity index (χ1n) is 9.96. The average Bonchev–Trinajstić information content (AvgIpc) is 3.42. The smallest absolute Gasteiger partial charge is 0.338 e. The highest BCUT2D eigenvalue weighted by molar-refractivity contribution is 6.23. The molecule has 2 aromatic rings. The number of amides is 2.